The third kappa shape index (κ3) is 3.43. The molecule has 2 aromatic heterocycles. The van der Waals surface area contributed by atoms with E-state index >= 15 is 0 Å². The van der Waals surface area contributed by atoms with E-state index in [-0.39, 0.29) is 5.91 Å². The third-order valence-electron chi connectivity index (χ3n) is 3.41. The van der Waals surface area contributed by atoms with Gasteiger partial charge in [-0.2, -0.15) is 4.98 Å². The van der Waals surface area contributed by atoms with Gasteiger partial charge in [-0.05, 0) is 49.4 Å². The minimum Gasteiger partial charge on any atom is -0.494 e. The molecule has 0 atom stereocenters. The van der Waals surface area contributed by atoms with Crippen LogP contribution in [0.25, 0.3) is 11.0 Å². The summed E-state index contributed by atoms with van der Waals surface area (Å²) in [5, 5.41) is 3.64. The van der Waals surface area contributed by atoms with Crippen LogP contribution in [0, 0.1) is 0 Å². The number of methoxy groups -OCH3 is 1. The molecule has 6 nitrogen and oxygen atoms in total. The van der Waals surface area contributed by atoms with Gasteiger partial charge in [-0.25, -0.2) is 4.98 Å². The minimum atomic E-state index is -0.243. The molecule has 0 fully saturated rings. The van der Waals surface area contributed by atoms with Crippen molar-refractivity contribution in [3.05, 3.63) is 54.1 Å². The molecular weight excluding hydrogens is 306 g/mol. The van der Waals surface area contributed by atoms with Crippen molar-refractivity contribution in [2.75, 3.05) is 19.0 Å². The van der Waals surface area contributed by atoms with Crippen molar-refractivity contribution in [3.8, 4) is 11.6 Å². The van der Waals surface area contributed by atoms with Gasteiger partial charge in [0.05, 0.1) is 13.7 Å². The van der Waals surface area contributed by atoms with Crippen LogP contribution < -0.4 is 14.8 Å². The second-order valence-corrected chi connectivity index (χ2v) is 5.01. The Bertz CT molecular complexity index is 863. The van der Waals surface area contributed by atoms with E-state index in [1.807, 2.05) is 19.1 Å². The summed E-state index contributed by atoms with van der Waals surface area (Å²) in [5.74, 6) is 1.40. The number of amides is 1. The number of carbonyl (C=O) groups excluding carboxylic acids is 1. The van der Waals surface area contributed by atoms with Crippen molar-refractivity contribution >= 4 is 22.8 Å². The van der Waals surface area contributed by atoms with Crippen molar-refractivity contribution < 1.29 is 14.3 Å². The van der Waals surface area contributed by atoms with E-state index in [9.17, 15) is 4.79 Å². The Hall–Kier alpha value is -3.15. The van der Waals surface area contributed by atoms with Crippen LogP contribution in [0.5, 0.6) is 11.6 Å². The molecule has 2 heterocycles. The molecule has 1 aromatic carbocycles. The quantitative estimate of drug-likeness (QED) is 0.780. The molecule has 24 heavy (non-hydrogen) atoms. The fourth-order valence-corrected chi connectivity index (χ4v) is 2.22. The monoisotopic (exact) mass is 323 g/mol. The van der Waals surface area contributed by atoms with E-state index in [0.717, 1.165) is 11.1 Å². The number of anilines is 1. The first-order valence-electron chi connectivity index (χ1n) is 7.55. The summed E-state index contributed by atoms with van der Waals surface area (Å²) < 4.78 is 10.5. The molecule has 122 valence electrons. The molecule has 0 aliphatic rings. The predicted molar refractivity (Wildman–Crippen MR) is 91.7 cm³/mol. The molecule has 0 spiro atoms. The second-order valence-electron chi connectivity index (χ2n) is 5.01. The van der Waals surface area contributed by atoms with E-state index in [1.54, 1.807) is 43.5 Å². The summed E-state index contributed by atoms with van der Waals surface area (Å²) in [6.07, 6.45) is 0. The average molecular weight is 323 g/mol. The molecule has 1 amide bonds. The number of hydrogen-bond acceptors (Lipinski definition) is 5. The smallest absolute Gasteiger partial charge is 0.256 e. The molecule has 0 radical (unpaired) electrons. The van der Waals surface area contributed by atoms with Gasteiger partial charge in [0.2, 0.25) is 5.88 Å². The summed E-state index contributed by atoms with van der Waals surface area (Å²) in [7, 11) is 1.55. The summed E-state index contributed by atoms with van der Waals surface area (Å²) in [4.78, 5) is 20.9. The van der Waals surface area contributed by atoms with Crippen molar-refractivity contribution in [1.82, 2.24) is 9.97 Å². The standard InChI is InChI=1S/C18H17N3O3/c1-3-24-14-8-4-13(5-9-14)18(22)20-15-10-6-12-7-11-16(23-2)21-17(12)19-15/h4-11H,3H2,1-2H3,(H,19,20,21,22). The highest BCUT2D eigenvalue weighted by molar-refractivity contribution is 6.04. The van der Waals surface area contributed by atoms with Crippen molar-refractivity contribution in [2.24, 2.45) is 0 Å². The zero-order valence-electron chi connectivity index (χ0n) is 13.4. The Morgan fingerprint density at radius 2 is 1.79 bits per heavy atom. The topological polar surface area (TPSA) is 73.3 Å². The molecular formula is C18H17N3O3. The Morgan fingerprint density at radius 1 is 1.04 bits per heavy atom. The highest BCUT2D eigenvalue weighted by atomic mass is 16.5. The minimum absolute atomic E-state index is 0.243. The van der Waals surface area contributed by atoms with Gasteiger partial charge < -0.3 is 14.8 Å². The summed E-state index contributed by atoms with van der Waals surface area (Å²) in [5.41, 5.74) is 1.04. The summed E-state index contributed by atoms with van der Waals surface area (Å²) >= 11 is 0. The van der Waals surface area contributed by atoms with Gasteiger partial charge in [-0.15, -0.1) is 0 Å². The Kier molecular flexibility index (Phi) is 4.56. The van der Waals surface area contributed by atoms with Crippen LogP contribution in [-0.2, 0) is 0 Å². The van der Waals surface area contributed by atoms with Crippen molar-refractivity contribution in [3.63, 3.8) is 0 Å². The lowest BCUT2D eigenvalue weighted by atomic mass is 10.2. The molecule has 3 aromatic rings. The van der Waals surface area contributed by atoms with Gasteiger partial charge in [0.15, 0.2) is 5.65 Å². The molecule has 0 unspecified atom stereocenters. The number of nitrogens with one attached hydrogen (secondary N) is 1. The summed E-state index contributed by atoms with van der Waals surface area (Å²) in [6.45, 7) is 2.50. The molecule has 0 aliphatic carbocycles. The van der Waals surface area contributed by atoms with E-state index in [0.29, 0.717) is 29.5 Å². The molecule has 3 rings (SSSR count). The van der Waals surface area contributed by atoms with E-state index < -0.39 is 0 Å². The lowest BCUT2D eigenvalue weighted by Gasteiger charge is -2.07. The lowest BCUT2D eigenvalue weighted by molar-refractivity contribution is 0.102. The van der Waals surface area contributed by atoms with E-state index in [4.69, 9.17) is 9.47 Å². The average Bonchev–Trinajstić information content (AvgIpc) is 2.62. The van der Waals surface area contributed by atoms with Gasteiger partial charge in [-0.3, -0.25) is 4.79 Å². The highest BCUT2D eigenvalue weighted by Crippen LogP contribution is 2.18. The molecule has 0 saturated heterocycles. The lowest BCUT2D eigenvalue weighted by Crippen LogP contribution is -2.13. The van der Waals surface area contributed by atoms with Gasteiger partial charge in [0.25, 0.3) is 5.91 Å². The predicted octanol–water partition coefficient (Wildman–Crippen LogP) is 3.29. The van der Waals surface area contributed by atoms with Gasteiger partial charge in [0.1, 0.15) is 11.6 Å². The van der Waals surface area contributed by atoms with Crippen molar-refractivity contribution in [1.29, 1.82) is 0 Å². The first kappa shape index (κ1) is 15.7. The van der Waals surface area contributed by atoms with Crippen LogP contribution in [0.15, 0.2) is 48.5 Å². The number of pyridine rings is 2. The number of benzene rings is 1. The van der Waals surface area contributed by atoms with Crippen molar-refractivity contribution in [2.45, 2.75) is 6.92 Å². The first-order chi connectivity index (χ1) is 11.7. The molecule has 6 heteroatoms. The largest absolute Gasteiger partial charge is 0.494 e. The highest BCUT2D eigenvalue weighted by Gasteiger charge is 2.08. The maximum absolute atomic E-state index is 12.3. The molecule has 1 N–H and O–H groups in total. The van der Waals surface area contributed by atoms with Crippen LogP contribution in [0.4, 0.5) is 5.82 Å². The van der Waals surface area contributed by atoms with Crippen LogP contribution in [-0.4, -0.2) is 29.6 Å². The molecule has 0 saturated carbocycles. The fraction of sp³-hybridized carbons (Fsp3) is 0.167. The number of nitrogens with zero attached hydrogens (tertiary/aromatic N) is 2. The number of hydrogen-bond donors (Lipinski definition) is 1. The van der Waals surface area contributed by atoms with Crippen LogP contribution in [0.1, 0.15) is 17.3 Å². The summed E-state index contributed by atoms with van der Waals surface area (Å²) in [6, 6.07) is 14.2. The fourth-order valence-electron chi connectivity index (χ4n) is 2.22. The van der Waals surface area contributed by atoms with Crippen LogP contribution in [0.2, 0.25) is 0 Å². The van der Waals surface area contributed by atoms with Crippen LogP contribution >= 0.6 is 0 Å². The van der Waals surface area contributed by atoms with E-state index in [2.05, 4.69) is 15.3 Å². The number of ether oxygens (including phenoxy) is 2. The Morgan fingerprint density at radius 3 is 2.50 bits per heavy atom. The zero-order chi connectivity index (χ0) is 16.9. The number of carbonyl (C=O) groups is 1. The Labute approximate surface area is 139 Å². The zero-order valence-corrected chi connectivity index (χ0v) is 13.4. The first-order valence-corrected chi connectivity index (χ1v) is 7.55. The second kappa shape index (κ2) is 6.95. The maximum Gasteiger partial charge on any atom is 0.256 e. The third-order valence-corrected chi connectivity index (χ3v) is 3.41. The van der Waals surface area contributed by atoms with E-state index in [1.165, 1.54) is 0 Å². The SMILES string of the molecule is CCOc1ccc(C(=O)Nc2ccc3ccc(OC)nc3n2)cc1. The van der Waals surface area contributed by atoms with Crippen LogP contribution in [0.3, 0.4) is 0 Å². The Balaban J connectivity index is 1.79. The maximum atomic E-state index is 12.3. The number of rotatable bonds is 5. The molecule has 0 aliphatic heterocycles. The van der Waals surface area contributed by atoms with Gasteiger partial charge in [-0.1, -0.05) is 0 Å². The number of fused-ring (bicyclic) bond motifs is 1. The normalized spacial score (nSPS) is 10.4. The van der Waals surface area contributed by atoms with Gasteiger partial charge >= 0.3 is 0 Å². The van der Waals surface area contributed by atoms with Gasteiger partial charge in [0, 0.05) is 17.0 Å². The number of aromatic nitrogens is 2. The molecule has 0 bridgehead atoms.